The van der Waals surface area contributed by atoms with E-state index in [0.29, 0.717) is 12.3 Å². The molecule has 3 heterocycles. The third-order valence-electron chi connectivity index (χ3n) is 6.34. The Morgan fingerprint density at radius 3 is 2.83 bits per heavy atom. The zero-order chi connectivity index (χ0) is 19.7. The topological polar surface area (TPSA) is 65.6 Å². The molecule has 2 aromatic carbocycles. The lowest BCUT2D eigenvalue weighted by molar-refractivity contribution is -0.135. The molecular formula is C23H21N3O3. The maximum atomic E-state index is 13.1. The molecule has 2 aliphatic heterocycles. The predicted octanol–water partition coefficient (Wildman–Crippen LogP) is 3.63. The van der Waals surface area contributed by atoms with Crippen LogP contribution in [0, 0.1) is 5.92 Å². The van der Waals surface area contributed by atoms with Crippen molar-refractivity contribution in [1.29, 1.82) is 0 Å². The van der Waals surface area contributed by atoms with Crippen molar-refractivity contribution >= 4 is 28.5 Å². The number of anilines is 1. The number of esters is 1. The molecule has 0 radical (unpaired) electrons. The number of carbonyl (C=O) groups is 2. The zero-order valence-electron chi connectivity index (χ0n) is 16.1. The fourth-order valence-corrected chi connectivity index (χ4v) is 4.69. The number of hydrogen-bond acceptors (Lipinski definition) is 4. The number of carbonyl (C=O) groups excluding carboxylic acids is 2. The highest BCUT2D eigenvalue weighted by Gasteiger charge is 2.41. The van der Waals surface area contributed by atoms with Gasteiger partial charge in [0.2, 0.25) is 0 Å². The largest absolute Gasteiger partial charge is 0.426 e. The van der Waals surface area contributed by atoms with Crippen molar-refractivity contribution in [2.45, 2.75) is 25.4 Å². The summed E-state index contributed by atoms with van der Waals surface area (Å²) in [6.07, 6.45) is 2.47. The fraction of sp³-hybridized carbons (Fsp3) is 0.304. The Bertz CT molecular complexity index is 1180. The van der Waals surface area contributed by atoms with E-state index in [1.165, 1.54) is 5.56 Å². The summed E-state index contributed by atoms with van der Waals surface area (Å²) in [4.78, 5) is 32.8. The Morgan fingerprint density at radius 2 is 2.00 bits per heavy atom. The molecule has 3 aliphatic rings. The van der Waals surface area contributed by atoms with Gasteiger partial charge in [0.25, 0.3) is 5.91 Å². The molecule has 1 unspecified atom stereocenters. The van der Waals surface area contributed by atoms with Crippen molar-refractivity contribution in [1.82, 2.24) is 9.88 Å². The first-order chi connectivity index (χ1) is 14.1. The van der Waals surface area contributed by atoms with Crippen molar-refractivity contribution in [3.05, 3.63) is 59.3 Å². The number of nitrogens with zero attached hydrogens (tertiary/aromatic N) is 2. The Morgan fingerprint density at radius 1 is 1.17 bits per heavy atom. The number of para-hydroxylation sites is 1. The van der Waals surface area contributed by atoms with E-state index in [0.717, 1.165) is 47.1 Å². The average Bonchev–Trinajstić information content (AvgIpc) is 3.53. The molecule has 29 heavy (non-hydrogen) atoms. The van der Waals surface area contributed by atoms with E-state index in [2.05, 4.69) is 9.88 Å². The number of H-pyrrole nitrogens is 1. The Labute approximate surface area is 168 Å². The number of fused-ring (bicyclic) bond motifs is 6. The molecule has 1 aliphatic carbocycles. The van der Waals surface area contributed by atoms with Crippen LogP contribution in [0.25, 0.3) is 10.9 Å². The van der Waals surface area contributed by atoms with Gasteiger partial charge in [0.15, 0.2) is 0 Å². The third-order valence-corrected chi connectivity index (χ3v) is 6.34. The van der Waals surface area contributed by atoms with Gasteiger partial charge in [0.1, 0.15) is 11.9 Å². The minimum Gasteiger partial charge on any atom is -0.426 e. The summed E-state index contributed by atoms with van der Waals surface area (Å²) < 4.78 is 5.57. The zero-order valence-corrected chi connectivity index (χ0v) is 16.1. The summed E-state index contributed by atoms with van der Waals surface area (Å²) in [7, 11) is 2.03. The number of aromatic amines is 1. The van der Waals surface area contributed by atoms with Crippen LogP contribution in [-0.2, 0) is 11.2 Å². The van der Waals surface area contributed by atoms with Crippen LogP contribution in [-0.4, -0.2) is 35.4 Å². The highest BCUT2D eigenvalue weighted by Crippen LogP contribution is 2.43. The predicted molar refractivity (Wildman–Crippen MR) is 109 cm³/mol. The first kappa shape index (κ1) is 16.7. The molecule has 0 saturated heterocycles. The van der Waals surface area contributed by atoms with Crippen LogP contribution in [0.4, 0.5) is 5.69 Å². The maximum Gasteiger partial charge on any atom is 0.314 e. The van der Waals surface area contributed by atoms with E-state index in [-0.39, 0.29) is 24.0 Å². The number of nitrogens with one attached hydrogen (secondary N) is 1. The molecule has 1 atom stereocenters. The SMILES string of the molecule is CN1c2ccccc2C(=O)N2CCc3c([nH]c4ccc(OC(=O)C5CC5)cc34)C21. The summed E-state index contributed by atoms with van der Waals surface area (Å²) in [6, 6.07) is 13.5. The smallest absolute Gasteiger partial charge is 0.314 e. The van der Waals surface area contributed by atoms with Crippen LogP contribution in [0.3, 0.4) is 0 Å². The van der Waals surface area contributed by atoms with Crippen LogP contribution >= 0.6 is 0 Å². The molecule has 1 saturated carbocycles. The van der Waals surface area contributed by atoms with Crippen molar-refractivity contribution in [3.8, 4) is 5.75 Å². The molecular weight excluding hydrogens is 366 g/mol. The Balaban J connectivity index is 1.43. The van der Waals surface area contributed by atoms with E-state index in [1.54, 1.807) is 0 Å². The van der Waals surface area contributed by atoms with E-state index in [1.807, 2.05) is 54.4 Å². The molecule has 0 spiro atoms. The Kier molecular flexibility index (Phi) is 3.37. The van der Waals surface area contributed by atoms with Gasteiger partial charge in [-0.25, -0.2) is 0 Å². The summed E-state index contributed by atoms with van der Waals surface area (Å²) in [6.45, 7) is 0.661. The second kappa shape index (κ2) is 5.86. The molecule has 1 fully saturated rings. The fourth-order valence-electron chi connectivity index (χ4n) is 4.69. The summed E-state index contributed by atoms with van der Waals surface area (Å²) in [5.74, 6) is 0.611. The van der Waals surface area contributed by atoms with Gasteiger partial charge in [-0.3, -0.25) is 9.59 Å². The minimum atomic E-state index is -0.161. The molecule has 3 aromatic rings. The van der Waals surface area contributed by atoms with Gasteiger partial charge in [0, 0.05) is 24.5 Å². The summed E-state index contributed by atoms with van der Waals surface area (Å²) in [5.41, 5.74) is 4.94. The number of hydrogen-bond donors (Lipinski definition) is 1. The van der Waals surface area contributed by atoms with E-state index < -0.39 is 0 Å². The van der Waals surface area contributed by atoms with Crippen molar-refractivity contribution in [2.24, 2.45) is 5.92 Å². The lowest BCUT2D eigenvalue weighted by atomic mass is 9.96. The van der Waals surface area contributed by atoms with Crippen molar-refractivity contribution < 1.29 is 14.3 Å². The van der Waals surface area contributed by atoms with Gasteiger partial charge in [-0.2, -0.15) is 0 Å². The van der Waals surface area contributed by atoms with Gasteiger partial charge in [-0.1, -0.05) is 12.1 Å². The molecule has 6 nitrogen and oxygen atoms in total. The van der Waals surface area contributed by atoms with E-state index in [4.69, 9.17) is 4.74 Å². The van der Waals surface area contributed by atoms with Crippen LogP contribution < -0.4 is 9.64 Å². The molecule has 146 valence electrons. The van der Waals surface area contributed by atoms with Gasteiger partial charge < -0.3 is 19.5 Å². The third kappa shape index (κ3) is 2.41. The molecule has 1 amide bonds. The van der Waals surface area contributed by atoms with Crippen LogP contribution in [0.1, 0.15) is 40.6 Å². The van der Waals surface area contributed by atoms with Crippen LogP contribution in [0.5, 0.6) is 5.75 Å². The van der Waals surface area contributed by atoms with Crippen molar-refractivity contribution in [2.75, 3.05) is 18.5 Å². The normalized spacial score (nSPS) is 20.3. The quantitative estimate of drug-likeness (QED) is 0.539. The van der Waals surface area contributed by atoms with Gasteiger partial charge >= 0.3 is 5.97 Å². The second-order valence-corrected chi connectivity index (χ2v) is 8.17. The van der Waals surface area contributed by atoms with Crippen LogP contribution in [0.15, 0.2) is 42.5 Å². The van der Waals surface area contributed by atoms with E-state index in [9.17, 15) is 9.59 Å². The monoisotopic (exact) mass is 387 g/mol. The summed E-state index contributed by atoms with van der Waals surface area (Å²) >= 11 is 0. The second-order valence-electron chi connectivity index (χ2n) is 8.17. The van der Waals surface area contributed by atoms with Gasteiger partial charge in [-0.15, -0.1) is 0 Å². The first-order valence-electron chi connectivity index (χ1n) is 10.1. The lowest BCUT2D eigenvalue weighted by Gasteiger charge is -2.46. The number of rotatable bonds is 2. The molecule has 0 bridgehead atoms. The summed E-state index contributed by atoms with van der Waals surface area (Å²) in [5, 5.41) is 1.07. The average molecular weight is 387 g/mol. The standard InChI is InChI=1S/C23H21N3O3/c1-25-19-5-3-2-4-16(19)22(27)26-11-10-15-17-12-14(29-23(28)13-6-7-13)8-9-18(17)24-20(15)21(25)26/h2-5,8-9,12-13,21,24H,6-7,10-11H2,1H3. The minimum absolute atomic E-state index is 0.0707. The highest BCUT2D eigenvalue weighted by molar-refractivity contribution is 6.02. The molecule has 1 aromatic heterocycles. The lowest BCUT2D eigenvalue weighted by Crippen LogP contribution is -2.51. The molecule has 1 N–H and O–H groups in total. The number of aromatic nitrogens is 1. The van der Waals surface area contributed by atoms with Crippen LogP contribution in [0.2, 0.25) is 0 Å². The number of amides is 1. The molecule has 6 rings (SSSR count). The number of benzene rings is 2. The first-order valence-corrected chi connectivity index (χ1v) is 10.1. The number of ether oxygens (including phenoxy) is 1. The molecule has 6 heteroatoms. The van der Waals surface area contributed by atoms with Crippen molar-refractivity contribution in [3.63, 3.8) is 0 Å². The van der Waals surface area contributed by atoms with E-state index >= 15 is 0 Å². The van der Waals surface area contributed by atoms with Gasteiger partial charge in [-0.05, 0) is 55.2 Å². The Hall–Kier alpha value is -3.28. The van der Waals surface area contributed by atoms with Gasteiger partial charge in [0.05, 0.1) is 22.9 Å². The highest BCUT2D eigenvalue weighted by atomic mass is 16.5. The maximum absolute atomic E-state index is 13.1.